The molecule has 0 radical (unpaired) electrons. The summed E-state index contributed by atoms with van der Waals surface area (Å²) in [5.41, 5.74) is 6.04. The predicted molar refractivity (Wildman–Crippen MR) is 142 cm³/mol. The van der Waals surface area contributed by atoms with Gasteiger partial charge in [0.2, 0.25) is 0 Å². The van der Waals surface area contributed by atoms with Gasteiger partial charge in [0.15, 0.2) is 0 Å². The van der Waals surface area contributed by atoms with Crippen molar-refractivity contribution in [1.29, 1.82) is 0 Å². The summed E-state index contributed by atoms with van der Waals surface area (Å²) < 4.78 is 0. The van der Waals surface area contributed by atoms with Gasteiger partial charge in [0.25, 0.3) is 0 Å². The summed E-state index contributed by atoms with van der Waals surface area (Å²) in [6.45, 7) is 4.43. The van der Waals surface area contributed by atoms with Crippen molar-refractivity contribution in [2.45, 2.75) is 52.4 Å². The van der Waals surface area contributed by atoms with Gasteiger partial charge in [-0.25, -0.2) is 0 Å². The molecular formula is C32H30N2. The van der Waals surface area contributed by atoms with E-state index in [4.69, 9.17) is 0 Å². The number of hydrogen-bond acceptors (Lipinski definition) is 2. The van der Waals surface area contributed by atoms with E-state index in [0.29, 0.717) is 11.4 Å². The van der Waals surface area contributed by atoms with Crippen molar-refractivity contribution in [3.8, 4) is 23.7 Å². The first-order chi connectivity index (χ1) is 16.8. The third-order valence-corrected chi connectivity index (χ3v) is 5.88. The number of fused-ring (bicyclic) bond motifs is 1. The maximum atomic E-state index is 4.41. The molecule has 0 bridgehead atoms. The topological polar surface area (TPSA) is 25.8 Å². The summed E-state index contributed by atoms with van der Waals surface area (Å²) in [5, 5.41) is 10.8. The Hall–Kier alpha value is -3.88. The van der Waals surface area contributed by atoms with Gasteiger partial charge >= 0.3 is 0 Å². The van der Waals surface area contributed by atoms with Gasteiger partial charge in [0, 0.05) is 21.9 Å². The zero-order valence-corrected chi connectivity index (χ0v) is 20.1. The highest BCUT2D eigenvalue weighted by Crippen LogP contribution is 2.19. The molecule has 1 heterocycles. The van der Waals surface area contributed by atoms with Crippen LogP contribution in [0.5, 0.6) is 0 Å². The number of rotatable bonds is 6. The van der Waals surface area contributed by atoms with Crippen LogP contribution in [0.1, 0.15) is 73.2 Å². The number of nitrogens with zero attached hydrogens (tertiary/aromatic N) is 2. The van der Waals surface area contributed by atoms with Crippen LogP contribution in [0.15, 0.2) is 72.8 Å². The third kappa shape index (κ3) is 6.12. The molecular weight excluding hydrogens is 412 g/mol. The molecule has 34 heavy (non-hydrogen) atoms. The van der Waals surface area contributed by atoms with E-state index in [1.807, 2.05) is 24.3 Å². The first-order valence-electron chi connectivity index (χ1n) is 12.2. The molecule has 168 valence electrons. The Morgan fingerprint density at radius 3 is 1.32 bits per heavy atom. The van der Waals surface area contributed by atoms with Crippen LogP contribution in [0.4, 0.5) is 0 Å². The number of aryl methyl sites for hydroxylation is 2. The Labute approximate surface area is 203 Å². The standard InChI is InChI=1S/C32H30N2/c1-3-5-9-25-13-17-27(18-14-25)21-23-31-29-11-7-8-12-30(29)32(34-33-31)24-22-28-19-15-26(16-20-28)10-6-4-2/h7-8,11-20H,3-6,9-10H2,1-2H3. The first-order valence-corrected chi connectivity index (χ1v) is 12.2. The summed E-state index contributed by atoms with van der Waals surface area (Å²) in [6, 6.07) is 25.1. The first kappa shape index (κ1) is 23.3. The van der Waals surface area contributed by atoms with E-state index in [1.54, 1.807) is 0 Å². The maximum absolute atomic E-state index is 4.41. The fraction of sp³-hybridized carbons (Fsp3) is 0.250. The van der Waals surface area contributed by atoms with Gasteiger partial charge in [0.05, 0.1) is 0 Å². The van der Waals surface area contributed by atoms with Crippen molar-refractivity contribution in [2.24, 2.45) is 0 Å². The molecule has 0 spiro atoms. The van der Waals surface area contributed by atoms with Crippen molar-refractivity contribution in [2.75, 3.05) is 0 Å². The van der Waals surface area contributed by atoms with E-state index in [0.717, 1.165) is 34.7 Å². The second-order valence-electron chi connectivity index (χ2n) is 8.54. The van der Waals surface area contributed by atoms with Crippen LogP contribution >= 0.6 is 0 Å². The van der Waals surface area contributed by atoms with Gasteiger partial charge in [-0.3, -0.25) is 0 Å². The molecule has 0 atom stereocenters. The monoisotopic (exact) mass is 442 g/mol. The minimum atomic E-state index is 0.677. The zero-order chi connectivity index (χ0) is 23.6. The quantitative estimate of drug-likeness (QED) is 0.297. The van der Waals surface area contributed by atoms with Crippen LogP contribution in [0, 0.1) is 23.7 Å². The highest BCUT2D eigenvalue weighted by atomic mass is 15.1. The van der Waals surface area contributed by atoms with Crippen molar-refractivity contribution in [3.05, 3.63) is 106 Å². The SMILES string of the molecule is CCCCc1ccc(C#Cc2nnc(C#Cc3ccc(CCCC)cc3)c3ccccc23)cc1. The van der Waals surface area contributed by atoms with Crippen LogP contribution in [0.2, 0.25) is 0 Å². The molecule has 2 nitrogen and oxygen atoms in total. The van der Waals surface area contributed by atoms with Gasteiger partial charge in [-0.2, -0.15) is 0 Å². The predicted octanol–water partition coefficient (Wildman–Crippen LogP) is 7.11. The molecule has 3 aromatic carbocycles. The fourth-order valence-electron chi connectivity index (χ4n) is 3.82. The fourth-order valence-corrected chi connectivity index (χ4v) is 3.82. The summed E-state index contributed by atoms with van der Waals surface area (Å²) in [6.07, 6.45) is 7.08. The molecule has 2 heteroatoms. The normalized spacial score (nSPS) is 10.3. The van der Waals surface area contributed by atoms with Gasteiger partial charge in [-0.15, -0.1) is 10.2 Å². The molecule has 0 N–H and O–H groups in total. The highest BCUT2D eigenvalue weighted by Gasteiger charge is 2.06. The maximum Gasteiger partial charge on any atom is 0.144 e. The summed E-state index contributed by atoms with van der Waals surface area (Å²) in [4.78, 5) is 0. The van der Waals surface area contributed by atoms with Crippen LogP contribution in [-0.2, 0) is 12.8 Å². The van der Waals surface area contributed by atoms with Gasteiger partial charge in [0.1, 0.15) is 11.4 Å². The Balaban J connectivity index is 1.57. The Kier molecular flexibility index (Phi) is 8.10. The van der Waals surface area contributed by atoms with E-state index < -0.39 is 0 Å². The van der Waals surface area contributed by atoms with Gasteiger partial charge in [-0.05, 0) is 72.9 Å². The van der Waals surface area contributed by atoms with Crippen LogP contribution in [-0.4, -0.2) is 10.2 Å². The molecule has 0 aliphatic rings. The lowest BCUT2D eigenvalue weighted by molar-refractivity contribution is 0.795. The molecule has 0 saturated heterocycles. The van der Waals surface area contributed by atoms with Crippen LogP contribution in [0.3, 0.4) is 0 Å². The molecule has 0 aliphatic carbocycles. The molecule has 4 rings (SSSR count). The van der Waals surface area contributed by atoms with Crippen molar-refractivity contribution in [3.63, 3.8) is 0 Å². The van der Waals surface area contributed by atoms with E-state index in [9.17, 15) is 0 Å². The van der Waals surface area contributed by atoms with Crippen molar-refractivity contribution < 1.29 is 0 Å². The van der Waals surface area contributed by atoms with Gasteiger partial charge < -0.3 is 0 Å². The number of hydrogen-bond donors (Lipinski definition) is 0. The third-order valence-electron chi connectivity index (χ3n) is 5.88. The van der Waals surface area contributed by atoms with Crippen LogP contribution in [0.25, 0.3) is 10.8 Å². The average Bonchev–Trinajstić information content (AvgIpc) is 2.89. The highest BCUT2D eigenvalue weighted by molar-refractivity contribution is 5.90. The largest absolute Gasteiger partial charge is 0.144 e. The Morgan fingerprint density at radius 2 is 0.941 bits per heavy atom. The van der Waals surface area contributed by atoms with Crippen molar-refractivity contribution >= 4 is 10.8 Å². The molecule has 0 fully saturated rings. The Morgan fingerprint density at radius 1 is 0.529 bits per heavy atom. The number of aromatic nitrogens is 2. The van der Waals surface area contributed by atoms with E-state index in [-0.39, 0.29) is 0 Å². The molecule has 0 aliphatic heterocycles. The lowest BCUT2D eigenvalue weighted by Gasteiger charge is -2.02. The Bertz CT molecular complexity index is 1250. The second kappa shape index (κ2) is 11.8. The lowest BCUT2D eigenvalue weighted by Crippen LogP contribution is -1.95. The molecule has 0 amide bonds. The van der Waals surface area contributed by atoms with E-state index >= 15 is 0 Å². The second-order valence-corrected chi connectivity index (χ2v) is 8.54. The summed E-state index contributed by atoms with van der Waals surface area (Å²) in [5.74, 6) is 12.9. The molecule has 1 aromatic heterocycles. The van der Waals surface area contributed by atoms with Crippen LogP contribution < -0.4 is 0 Å². The summed E-state index contributed by atoms with van der Waals surface area (Å²) in [7, 11) is 0. The zero-order valence-electron chi connectivity index (χ0n) is 20.1. The van der Waals surface area contributed by atoms with Crippen molar-refractivity contribution in [1.82, 2.24) is 10.2 Å². The number of unbranched alkanes of at least 4 members (excludes halogenated alkanes) is 2. The van der Waals surface area contributed by atoms with E-state index in [1.165, 1.54) is 36.8 Å². The smallest absolute Gasteiger partial charge is 0.140 e. The summed E-state index contributed by atoms with van der Waals surface area (Å²) >= 11 is 0. The van der Waals surface area contributed by atoms with E-state index in [2.05, 4.69) is 96.3 Å². The molecule has 0 unspecified atom stereocenters. The minimum absolute atomic E-state index is 0.677. The minimum Gasteiger partial charge on any atom is -0.140 e. The average molecular weight is 443 g/mol. The molecule has 4 aromatic rings. The molecule has 0 saturated carbocycles. The van der Waals surface area contributed by atoms with Gasteiger partial charge in [-0.1, -0.05) is 87.1 Å². The number of benzene rings is 3. The lowest BCUT2D eigenvalue weighted by atomic mass is 10.1.